The number of hydrogen-bond donors (Lipinski definition) is 2. The molecule has 2 nitrogen and oxygen atoms in total. The molecule has 0 saturated carbocycles. The minimum atomic E-state index is 0. The molecule has 0 unspecified atom stereocenters. The summed E-state index contributed by atoms with van der Waals surface area (Å²) >= 11 is 7.23. The molecule has 0 amide bonds. The number of benzene rings is 1. The molecule has 72 valence electrons. The van der Waals surface area contributed by atoms with E-state index in [1.807, 2.05) is 24.3 Å². The van der Waals surface area contributed by atoms with Crippen LogP contribution in [-0.2, 0) is 0 Å². The Morgan fingerprint density at radius 2 is 1.92 bits per heavy atom. The summed E-state index contributed by atoms with van der Waals surface area (Å²) in [4.78, 5) is 1.08. The van der Waals surface area contributed by atoms with Crippen LogP contribution in [0.1, 0.15) is 0 Å². The van der Waals surface area contributed by atoms with Gasteiger partial charge in [-0.1, -0.05) is 11.6 Å². The van der Waals surface area contributed by atoms with Gasteiger partial charge in [-0.05, 0) is 24.3 Å². The van der Waals surface area contributed by atoms with Crippen molar-refractivity contribution in [2.24, 2.45) is 5.73 Å². The minimum absolute atomic E-state index is 0. The van der Waals surface area contributed by atoms with Crippen LogP contribution >= 0.6 is 23.4 Å². The van der Waals surface area contributed by atoms with Gasteiger partial charge in [-0.3, -0.25) is 5.41 Å². The van der Waals surface area contributed by atoms with Gasteiger partial charge in [0.1, 0.15) is 5.84 Å². The highest BCUT2D eigenvalue weighted by molar-refractivity contribution is 8.00. The first-order valence-corrected chi connectivity index (χ1v) is 4.76. The van der Waals surface area contributed by atoms with Crippen molar-refractivity contribution in [2.75, 3.05) is 5.75 Å². The summed E-state index contributed by atoms with van der Waals surface area (Å²) in [7, 11) is 0. The summed E-state index contributed by atoms with van der Waals surface area (Å²) in [5.41, 5.74) is 5.21. The van der Waals surface area contributed by atoms with Crippen LogP contribution in [0.2, 0.25) is 5.02 Å². The van der Waals surface area contributed by atoms with Gasteiger partial charge in [0.25, 0.3) is 0 Å². The molecule has 0 atom stereocenters. The van der Waals surface area contributed by atoms with Crippen LogP contribution in [0.4, 0.5) is 0 Å². The molecule has 0 bridgehead atoms. The lowest BCUT2D eigenvalue weighted by Gasteiger charge is -1.99. The second-order valence-corrected chi connectivity index (χ2v) is 3.75. The fourth-order valence-electron chi connectivity index (χ4n) is 0.692. The number of nitrogens with one attached hydrogen (secondary N) is 1. The number of rotatable bonds is 3. The predicted molar refractivity (Wildman–Crippen MR) is 54.1 cm³/mol. The van der Waals surface area contributed by atoms with Crippen molar-refractivity contribution >= 4 is 29.2 Å². The maximum Gasteiger partial charge on any atom is 0.101 e. The molecule has 0 spiro atoms. The van der Waals surface area contributed by atoms with Crippen LogP contribution in [0.3, 0.4) is 0 Å². The Balaban J connectivity index is 0.00000144. The summed E-state index contributed by atoms with van der Waals surface area (Å²) in [5.74, 6) is 0.719. The van der Waals surface area contributed by atoms with Crippen molar-refractivity contribution in [2.45, 2.75) is 4.90 Å². The summed E-state index contributed by atoms with van der Waals surface area (Å²) in [6.07, 6.45) is 0. The molecule has 1 aromatic carbocycles. The Kier molecular flexibility index (Phi) is 5.95. The Hall–Kier alpha value is -0.380. The first-order chi connectivity index (χ1) is 5.68. The van der Waals surface area contributed by atoms with Gasteiger partial charge in [-0.15, -0.1) is 11.8 Å². The number of amidine groups is 1. The predicted octanol–water partition coefficient (Wildman–Crippen LogP) is -0.628. The van der Waals surface area contributed by atoms with E-state index in [-0.39, 0.29) is 18.2 Å². The SMILES string of the molecule is N=C(N)CSc1ccc(Cl)cc1.[Cl-]. The second kappa shape index (κ2) is 6.13. The minimum Gasteiger partial charge on any atom is -1.00 e. The van der Waals surface area contributed by atoms with Crippen molar-refractivity contribution in [3.8, 4) is 0 Å². The van der Waals surface area contributed by atoms with Crippen molar-refractivity contribution in [1.29, 1.82) is 5.41 Å². The monoisotopic (exact) mass is 235 g/mol. The molecule has 13 heavy (non-hydrogen) atoms. The van der Waals surface area contributed by atoms with E-state index in [0.717, 1.165) is 9.92 Å². The van der Waals surface area contributed by atoms with Gasteiger partial charge in [-0.25, -0.2) is 0 Å². The molecule has 0 fully saturated rings. The number of halogens is 2. The van der Waals surface area contributed by atoms with Gasteiger partial charge >= 0.3 is 0 Å². The van der Waals surface area contributed by atoms with E-state index in [4.69, 9.17) is 22.7 Å². The average Bonchev–Trinajstić information content (AvgIpc) is 2.03. The molecule has 0 heterocycles. The zero-order valence-corrected chi connectivity index (χ0v) is 9.09. The van der Waals surface area contributed by atoms with Gasteiger partial charge in [0.15, 0.2) is 0 Å². The average molecular weight is 236 g/mol. The maximum absolute atomic E-state index is 7.02. The van der Waals surface area contributed by atoms with Gasteiger partial charge in [-0.2, -0.15) is 0 Å². The highest BCUT2D eigenvalue weighted by Crippen LogP contribution is 2.19. The Morgan fingerprint density at radius 1 is 1.38 bits per heavy atom. The van der Waals surface area contributed by atoms with Crippen LogP contribution in [0.25, 0.3) is 0 Å². The maximum atomic E-state index is 7.02. The van der Waals surface area contributed by atoms with E-state index < -0.39 is 0 Å². The lowest BCUT2D eigenvalue weighted by molar-refractivity contribution is -0.00000275. The van der Waals surface area contributed by atoms with E-state index >= 15 is 0 Å². The quantitative estimate of drug-likeness (QED) is 0.417. The lowest BCUT2D eigenvalue weighted by Crippen LogP contribution is -3.00. The van der Waals surface area contributed by atoms with Crippen molar-refractivity contribution in [3.05, 3.63) is 29.3 Å². The first-order valence-electron chi connectivity index (χ1n) is 3.40. The molecular weight excluding hydrogens is 227 g/mol. The van der Waals surface area contributed by atoms with Crippen molar-refractivity contribution in [1.82, 2.24) is 0 Å². The summed E-state index contributed by atoms with van der Waals surface area (Å²) in [6.45, 7) is 0. The topological polar surface area (TPSA) is 49.9 Å². The molecule has 0 aliphatic carbocycles. The normalized spacial score (nSPS) is 9.00. The molecule has 0 saturated heterocycles. The molecule has 0 aliphatic heterocycles. The van der Waals surface area contributed by atoms with Gasteiger partial charge in [0.05, 0.1) is 5.75 Å². The third-order valence-electron chi connectivity index (χ3n) is 1.21. The fourth-order valence-corrected chi connectivity index (χ4v) is 1.47. The number of thioether (sulfide) groups is 1. The molecule has 1 aromatic rings. The highest BCUT2D eigenvalue weighted by atomic mass is 35.5. The molecule has 0 aromatic heterocycles. The van der Waals surface area contributed by atoms with E-state index in [0.29, 0.717) is 5.75 Å². The Labute approximate surface area is 92.8 Å². The molecular formula is C8H9Cl2N2S-. The van der Waals surface area contributed by atoms with Crippen molar-refractivity contribution in [3.63, 3.8) is 0 Å². The van der Waals surface area contributed by atoms with E-state index in [1.165, 1.54) is 11.8 Å². The number of nitrogens with two attached hydrogens (primary N) is 1. The fraction of sp³-hybridized carbons (Fsp3) is 0.125. The van der Waals surface area contributed by atoms with Crippen LogP contribution in [0, 0.1) is 5.41 Å². The van der Waals surface area contributed by atoms with Crippen LogP contribution < -0.4 is 18.1 Å². The van der Waals surface area contributed by atoms with E-state index in [1.54, 1.807) is 0 Å². The molecule has 0 radical (unpaired) electrons. The third-order valence-corrected chi connectivity index (χ3v) is 2.52. The first kappa shape index (κ1) is 12.6. The zero-order chi connectivity index (χ0) is 8.97. The lowest BCUT2D eigenvalue weighted by atomic mass is 10.4. The largest absolute Gasteiger partial charge is 1.00 e. The Bertz CT molecular complexity index is 274. The molecule has 5 heteroatoms. The second-order valence-electron chi connectivity index (χ2n) is 2.27. The van der Waals surface area contributed by atoms with Crippen molar-refractivity contribution < 1.29 is 12.4 Å². The molecule has 0 aliphatic rings. The zero-order valence-electron chi connectivity index (χ0n) is 6.76. The van der Waals surface area contributed by atoms with Gasteiger partial charge in [0.2, 0.25) is 0 Å². The van der Waals surface area contributed by atoms with Crippen LogP contribution in [0.15, 0.2) is 29.2 Å². The highest BCUT2D eigenvalue weighted by Gasteiger charge is 1.94. The van der Waals surface area contributed by atoms with Crippen LogP contribution in [-0.4, -0.2) is 11.6 Å². The number of hydrogen-bond acceptors (Lipinski definition) is 2. The van der Waals surface area contributed by atoms with Crippen LogP contribution in [0.5, 0.6) is 0 Å². The smallest absolute Gasteiger partial charge is 0.101 e. The summed E-state index contributed by atoms with van der Waals surface area (Å²) < 4.78 is 0. The third kappa shape index (κ3) is 5.03. The summed E-state index contributed by atoms with van der Waals surface area (Å²) in [5, 5.41) is 7.74. The van der Waals surface area contributed by atoms with E-state index in [2.05, 4.69) is 0 Å². The Morgan fingerprint density at radius 3 is 2.38 bits per heavy atom. The summed E-state index contributed by atoms with van der Waals surface area (Å²) in [6, 6.07) is 7.47. The molecule has 1 rings (SSSR count). The van der Waals surface area contributed by atoms with Gasteiger partial charge < -0.3 is 18.1 Å². The molecule has 3 N–H and O–H groups in total. The van der Waals surface area contributed by atoms with Gasteiger partial charge in [0, 0.05) is 9.92 Å². The standard InChI is InChI=1S/C8H9ClN2S.ClH/c9-6-1-3-7(4-2-6)12-5-8(10)11;/h1-4H,5H2,(H3,10,11);1H/p-1. The van der Waals surface area contributed by atoms with E-state index in [9.17, 15) is 0 Å².